The number of likely N-dealkylation sites (tertiary alicyclic amines) is 1. The number of aromatic nitrogens is 1. The van der Waals surface area contributed by atoms with E-state index in [1.807, 2.05) is 56.4 Å². The summed E-state index contributed by atoms with van der Waals surface area (Å²) in [6.07, 6.45) is 2.97. The Morgan fingerprint density at radius 3 is 2.49 bits per heavy atom. The third-order valence-corrected chi connectivity index (χ3v) is 7.82. The van der Waals surface area contributed by atoms with E-state index in [1.54, 1.807) is 23.1 Å². The number of hydrogen-bond acceptors (Lipinski definition) is 4. The number of carbonyl (C=O) groups is 2. The zero-order chi connectivity index (χ0) is 30.5. The lowest BCUT2D eigenvalue weighted by Gasteiger charge is -2.34. The van der Waals surface area contributed by atoms with Crippen LogP contribution in [-0.4, -0.2) is 66.1 Å². The van der Waals surface area contributed by atoms with Gasteiger partial charge in [-0.1, -0.05) is 25.1 Å². The Hall–Kier alpha value is -4.44. The summed E-state index contributed by atoms with van der Waals surface area (Å²) in [5.41, 5.74) is 2.74. The van der Waals surface area contributed by atoms with E-state index in [4.69, 9.17) is 4.74 Å². The Bertz CT molecular complexity index is 1560. The van der Waals surface area contributed by atoms with Crippen molar-refractivity contribution in [3.05, 3.63) is 95.7 Å². The summed E-state index contributed by atoms with van der Waals surface area (Å²) in [4.78, 5) is 34.1. The molecule has 4 aromatic rings. The van der Waals surface area contributed by atoms with Crippen molar-refractivity contribution in [3.8, 4) is 5.75 Å². The number of urea groups is 1. The Kier molecular flexibility index (Phi) is 9.25. The number of fused-ring (bicyclic) bond motifs is 1. The van der Waals surface area contributed by atoms with Crippen LogP contribution >= 0.6 is 0 Å². The monoisotopic (exact) mass is 589 g/mol. The number of piperidine rings is 1. The van der Waals surface area contributed by atoms with Crippen molar-refractivity contribution in [2.45, 2.75) is 44.4 Å². The quantitative estimate of drug-likeness (QED) is 0.228. The molecule has 1 aliphatic rings. The topological polar surface area (TPSA) is 89.7 Å². The summed E-state index contributed by atoms with van der Waals surface area (Å²) in [5.74, 6) is -0.879. The van der Waals surface area contributed by atoms with E-state index < -0.39 is 11.9 Å². The maximum atomic E-state index is 14.4. The molecule has 1 aromatic heterocycles. The molecular formula is C33H37F2N5O3. The van der Waals surface area contributed by atoms with Gasteiger partial charge in [0.1, 0.15) is 29.5 Å². The number of aromatic amines is 1. The highest BCUT2D eigenvalue weighted by atomic mass is 19.1. The smallest absolute Gasteiger partial charge is 0.318 e. The molecule has 0 spiro atoms. The van der Waals surface area contributed by atoms with Crippen LogP contribution in [0.2, 0.25) is 0 Å². The molecule has 2 atom stereocenters. The molecule has 5 rings (SSSR count). The Labute approximate surface area is 250 Å². The van der Waals surface area contributed by atoms with Gasteiger partial charge in [-0.15, -0.1) is 0 Å². The molecule has 0 saturated carbocycles. The van der Waals surface area contributed by atoms with Crippen LogP contribution in [0.15, 0.2) is 72.9 Å². The molecule has 1 saturated heterocycles. The standard InChI is InChI=1S/C33H37F2N5O3/c1-21(28-19-36-30-7-5-4-6-27(28)30)31(32(41)37-24-10-13-29(35)22(18-24)20-39(2)3)38-33(42)40-16-14-26(15-17-40)43-25-11-8-23(34)9-12-25/h4-13,18-19,21,26,31,36H,14-17,20H2,1-3H3,(H,37,41)(H,38,42)/t21-,31+/m0/s1. The van der Waals surface area contributed by atoms with Crippen LogP contribution in [0, 0.1) is 11.6 Å². The predicted octanol–water partition coefficient (Wildman–Crippen LogP) is 5.87. The zero-order valence-corrected chi connectivity index (χ0v) is 24.6. The van der Waals surface area contributed by atoms with Gasteiger partial charge in [0.25, 0.3) is 0 Å². The summed E-state index contributed by atoms with van der Waals surface area (Å²) >= 11 is 0. The maximum absolute atomic E-state index is 14.4. The average Bonchev–Trinajstić information content (AvgIpc) is 3.43. The Morgan fingerprint density at radius 1 is 1.05 bits per heavy atom. The van der Waals surface area contributed by atoms with Crippen molar-refractivity contribution in [2.24, 2.45) is 0 Å². The van der Waals surface area contributed by atoms with E-state index in [0.29, 0.717) is 49.5 Å². The summed E-state index contributed by atoms with van der Waals surface area (Å²) in [7, 11) is 3.69. The molecular weight excluding hydrogens is 552 g/mol. The summed E-state index contributed by atoms with van der Waals surface area (Å²) in [6.45, 7) is 3.17. The highest BCUT2D eigenvalue weighted by Crippen LogP contribution is 2.29. The molecule has 2 heterocycles. The second kappa shape index (κ2) is 13.2. The second-order valence-corrected chi connectivity index (χ2v) is 11.3. The van der Waals surface area contributed by atoms with Crippen molar-refractivity contribution in [1.29, 1.82) is 0 Å². The van der Waals surface area contributed by atoms with E-state index in [-0.39, 0.29) is 29.7 Å². The van der Waals surface area contributed by atoms with Crippen LogP contribution in [0.5, 0.6) is 5.75 Å². The van der Waals surface area contributed by atoms with Gasteiger partial charge in [-0.05, 0) is 68.2 Å². The van der Waals surface area contributed by atoms with Crippen LogP contribution < -0.4 is 15.4 Å². The van der Waals surface area contributed by atoms with Gasteiger partial charge in [0.15, 0.2) is 0 Å². The number of nitrogens with zero attached hydrogens (tertiary/aromatic N) is 2. The molecule has 3 aromatic carbocycles. The first kappa shape index (κ1) is 30.0. The number of H-pyrrole nitrogens is 1. The van der Waals surface area contributed by atoms with Gasteiger partial charge in [0.05, 0.1) is 0 Å². The van der Waals surface area contributed by atoms with E-state index in [0.717, 1.165) is 16.5 Å². The van der Waals surface area contributed by atoms with E-state index in [1.165, 1.54) is 24.3 Å². The second-order valence-electron chi connectivity index (χ2n) is 11.3. The van der Waals surface area contributed by atoms with Gasteiger partial charge in [0.2, 0.25) is 5.91 Å². The lowest BCUT2D eigenvalue weighted by molar-refractivity contribution is -0.118. The fourth-order valence-corrected chi connectivity index (χ4v) is 5.51. The molecule has 10 heteroatoms. The minimum atomic E-state index is -0.915. The highest BCUT2D eigenvalue weighted by molar-refractivity contribution is 5.98. The van der Waals surface area contributed by atoms with E-state index in [2.05, 4.69) is 15.6 Å². The molecule has 1 fully saturated rings. The van der Waals surface area contributed by atoms with E-state index in [9.17, 15) is 18.4 Å². The van der Waals surface area contributed by atoms with Crippen LogP contribution in [0.3, 0.4) is 0 Å². The van der Waals surface area contributed by atoms with Gasteiger partial charge in [-0.3, -0.25) is 4.79 Å². The fraction of sp³-hybridized carbons (Fsp3) is 0.333. The molecule has 43 heavy (non-hydrogen) atoms. The number of anilines is 1. The summed E-state index contributed by atoms with van der Waals surface area (Å²) in [5, 5.41) is 6.86. The summed E-state index contributed by atoms with van der Waals surface area (Å²) < 4.78 is 33.6. The largest absolute Gasteiger partial charge is 0.490 e. The van der Waals surface area contributed by atoms with Crippen molar-refractivity contribution in [2.75, 3.05) is 32.5 Å². The summed E-state index contributed by atoms with van der Waals surface area (Å²) in [6, 6.07) is 16.9. The average molecular weight is 590 g/mol. The van der Waals surface area contributed by atoms with Crippen LogP contribution in [0.25, 0.3) is 10.9 Å². The lowest BCUT2D eigenvalue weighted by Crippen LogP contribution is -2.53. The normalized spacial score (nSPS) is 15.3. The zero-order valence-electron chi connectivity index (χ0n) is 24.6. The van der Waals surface area contributed by atoms with Gasteiger partial charge >= 0.3 is 6.03 Å². The number of amides is 3. The van der Waals surface area contributed by atoms with Crippen molar-refractivity contribution in [3.63, 3.8) is 0 Å². The van der Waals surface area contributed by atoms with Gasteiger partial charge in [-0.25, -0.2) is 13.6 Å². The fourth-order valence-electron chi connectivity index (χ4n) is 5.51. The molecule has 3 N–H and O–H groups in total. The minimum Gasteiger partial charge on any atom is -0.490 e. The maximum Gasteiger partial charge on any atom is 0.318 e. The number of nitrogens with one attached hydrogen (secondary N) is 3. The van der Waals surface area contributed by atoms with Crippen LogP contribution in [-0.2, 0) is 11.3 Å². The first-order valence-electron chi connectivity index (χ1n) is 14.5. The molecule has 3 amide bonds. The number of carbonyl (C=O) groups excluding carboxylic acids is 2. The predicted molar refractivity (Wildman–Crippen MR) is 163 cm³/mol. The number of halogens is 2. The number of rotatable bonds is 9. The third kappa shape index (κ3) is 7.32. The molecule has 0 aliphatic carbocycles. The number of benzene rings is 3. The van der Waals surface area contributed by atoms with Gasteiger partial charge in [-0.2, -0.15) is 0 Å². The van der Waals surface area contributed by atoms with Crippen molar-refractivity contribution in [1.82, 2.24) is 20.1 Å². The Balaban J connectivity index is 1.31. The molecule has 8 nitrogen and oxygen atoms in total. The van der Waals surface area contributed by atoms with Crippen LogP contribution in [0.1, 0.15) is 36.8 Å². The van der Waals surface area contributed by atoms with Crippen molar-refractivity contribution < 1.29 is 23.1 Å². The number of hydrogen-bond donors (Lipinski definition) is 3. The Morgan fingerprint density at radius 2 is 1.77 bits per heavy atom. The number of ether oxygens (including phenoxy) is 1. The van der Waals surface area contributed by atoms with Gasteiger partial charge in [0, 0.05) is 66.7 Å². The molecule has 226 valence electrons. The van der Waals surface area contributed by atoms with Gasteiger partial charge < -0.3 is 30.2 Å². The molecule has 1 aliphatic heterocycles. The van der Waals surface area contributed by atoms with Crippen molar-refractivity contribution >= 4 is 28.5 Å². The minimum absolute atomic E-state index is 0.103. The SMILES string of the molecule is C[C@@H](c1c[nH]c2ccccc12)[C@@H](NC(=O)N1CCC(Oc2ccc(F)cc2)CC1)C(=O)Nc1ccc(F)c(CN(C)C)c1. The highest BCUT2D eigenvalue weighted by Gasteiger charge is 2.33. The molecule has 0 radical (unpaired) electrons. The molecule has 0 bridgehead atoms. The number of para-hydroxylation sites is 1. The first-order chi connectivity index (χ1) is 20.7. The third-order valence-electron chi connectivity index (χ3n) is 7.82. The van der Waals surface area contributed by atoms with E-state index >= 15 is 0 Å². The lowest BCUT2D eigenvalue weighted by atomic mass is 9.92. The molecule has 0 unspecified atom stereocenters. The van der Waals surface area contributed by atoms with Crippen LogP contribution in [0.4, 0.5) is 19.3 Å². The first-order valence-corrected chi connectivity index (χ1v) is 14.5.